The predicted octanol–water partition coefficient (Wildman–Crippen LogP) is 4.16. The first kappa shape index (κ1) is 12.3. The van der Waals surface area contributed by atoms with Crippen molar-refractivity contribution in [1.29, 1.82) is 0 Å². The van der Waals surface area contributed by atoms with Gasteiger partial charge in [0.1, 0.15) is 11.6 Å². The third kappa shape index (κ3) is 2.15. The van der Waals surface area contributed by atoms with Crippen LogP contribution in [0.2, 0.25) is 0 Å². The standard InChI is InChI=1S/C14H19F2N/c1-4-10(8(2)3)12-7-17-14-11(12)5-9(15)6-13(14)16/h5-6,8,10,12,17H,4,7H2,1-3H3. The molecule has 2 unspecified atom stereocenters. The van der Waals surface area contributed by atoms with Crippen molar-refractivity contribution >= 4 is 5.69 Å². The third-order valence-corrected chi connectivity index (χ3v) is 3.83. The molecular formula is C14H19F2N. The maximum atomic E-state index is 13.6. The maximum absolute atomic E-state index is 13.6. The van der Waals surface area contributed by atoms with E-state index < -0.39 is 11.6 Å². The maximum Gasteiger partial charge on any atom is 0.149 e. The van der Waals surface area contributed by atoms with Crippen LogP contribution < -0.4 is 5.32 Å². The minimum Gasteiger partial charge on any atom is -0.382 e. The molecule has 3 heteroatoms. The van der Waals surface area contributed by atoms with Crippen LogP contribution >= 0.6 is 0 Å². The largest absolute Gasteiger partial charge is 0.382 e. The van der Waals surface area contributed by atoms with Gasteiger partial charge in [0, 0.05) is 18.5 Å². The van der Waals surface area contributed by atoms with Gasteiger partial charge in [0.15, 0.2) is 0 Å². The van der Waals surface area contributed by atoms with Crippen LogP contribution in [0.25, 0.3) is 0 Å². The molecule has 1 N–H and O–H groups in total. The van der Waals surface area contributed by atoms with Crippen LogP contribution in [-0.4, -0.2) is 6.54 Å². The highest BCUT2D eigenvalue weighted by Crippen LogP contribution is 2.42. The Morgan fingerprint density at radius 2 is 2.06 bits per heavy atom. The number of anilines is 1. The molecule has 0 saturated heterocycles. The van der Waals surface area contributed by atoms with Gasteiger partial charge in [0.2, 0.25) is 0 Å². The summed E-state index contributed by atoms with van der Waals surface area (Å²) in [6.45, 7) is 7.19. The van der Waals surface area contributed by atoms with Crippen LogP contribution in [0.15, 0.2) is 12.1 Å². The fourth-order valence-electron chi connectivity index (χ4n) is 3.00. The summed E-state index contributed by atoms with van der Waals surface area (Å²) < 4.78 is 26.9. The van der Waals surface area contributed by atoms with E-state index in [1.807, 2.05) is 0 Å². The van der Waals surface area contributed by atoms with Crippen LogP contribution in [-0.2, 0) is 0 Å². The Balaban J connectivity index is 2.39. The summed E-state index contributed by atoms with van der Waals surface area (Å²) in [6, 6.07) is 2.43. The first-order valence-corrected chi connectivity index (χ1v) is 6.27. The quantitative estimate of drug-likeness (QED) is 0.835. The summed E-state index contributed by atoms with van der Waals surface area (Å²) in [6.07, 6.45) is 1.03. The van der Waals surface area contributed by atoms with E-state index in [4.69, 9.17) is 0 Å². The van der Waals surface area contributed by atoms with E-state index in [0.717, 1.165) is 18.1 Å². The average Bonchev–Trinajstić information content (AvgIpc) is 2.63. The third-order valence-electron chi connectivity index (χ3n) is 3.83. The lowest BCUT2D eigenvalue weighted by Gasteiger charge is -2.26. The first-order chi connectivity index (χ1) is 8.04. The summed E-state index contributed by atoms with van der Waals surface area (Å²) in [4.78, 5) is 0. The Labute approximate surface area is 101 Å². The monoisotopic (exact) mass is 239 g/mol. The van der Waals surface area contributed by atoms with Crippen LogP contribution in [0.3, 0.4) is 0 Å². The van der Waals surface area contributed by atoms with Crippen molar-refractivity contribution in [3.63, 3.8) is 0 Å². The second-order valence-corrected chi connectivity index (χ2v) is 5.16. The Hall–Kier alpha value is -1.12. The number of nitrogens with one attached hydrogen (secondary N) is 1. The Bertz CT molecular complexity index is 415. The normalized spacial score (nSPS) is 20.2. The van der Waals surface area contributed by atoms with Crippen molar-refractivity contribution in [1.82, 2.24) is 0 Å². The Kier molecular flexibility index (Phi) is 3.36. The molecule has 1 aromatic rings. The first-order valence-electron chi connectivity index (χ1n) is 6.27. The highest BCUT2D eigenvalue weighted by molar-refractivity contribution is 5.59. The molecule has 0 aliphatic carbocycles. The zero-order valence-corrected chi connectivity index (χ0v) is 10.6. The molecule has 1 aliphatic rings. The van der Waals surface area contributed by atoms with E-state index in [1.165, 1.54) is 6.07 Å². The molecule has 0 spiro atoms. The van der Waals surface area contributed by atoms with Gasteiger partial charge in [-0.05, 0) is 23.5 Å². The average molecular weight is 239 g/mol. The van der Waals surface area contributed by atoms with Crippen LogP contribution in [0.4, 0.5) is 14.5 Å². The van der Waals surface area contributed by atoms with E-state index in [-0.39, 0.29) is 5.92 Å². The van der Waals surface area contributed by atoms with Gasteiger partial charge in [-0.1, -0.05) is 27.2 Å². The summed E-state index contributed by atoms with van der Waals surface area (Å²) in [5, 5.41) is 3.07. The second kappa shape index (κ2) is 4.63. The predicted molar refractivity (Wildman–Crippen MR) is 66.2 cm³/mol. The molecule has 17 heavy (non-hydrogen) atoms. The van der Waals surface area contributed by atoms with Crippen molar-refractivity contribution in [2.24, 2.45) is 11.8 Å². The summed E-state index contributed by atoms with van der Waals surface area (Å²) in [5.74, 6) is 0.254. The lowest BCUT2D eigenvalue weighted by molar-refractivity contribution is 0.321. The fourth-order valence-corrected chi connectivity index (χ4v) is 3.00. The molecule has 1 aromatic carbocycles. The van der Waals surface area contributed by atoms with Crippen LogP contribution in [0.5, 0.6) is 0 Å². The van der Waals surface area contributed by atoms with E-state index >= 15 is 0 Å². The van der Waals surface area contributed by atoms with Crippen molar-refractivity contribution in [3.05, 3.63) is 29.3 Å². The molecule has 1 heterocycles. The Morgan fingerprint density at radius 3 is 2.65 bits per heavy atom. The summed E-state index contributed by atoms with van der Waals surface area (Å²) in [7, 11) is 0. The van der Waals surface area contributed by atoms with Crippen molar-refractivity contribution in [2.75, 3.05) is 11.9 Å². The zero-order valence-electron chi connectivity index (χ0n) is 10.6. The molecule has 0 bridgehead atoms. The molecule has 1 aliphatic heterocycles. The molecule has 0 fully saturated rings. The number of rotatable bonds is 3. The highest BCUT2D eigenvalue weighted by Gasteiger charge is 2.32. The van der Waals surface area contributed by atoms with Gasteiger partial charge in [-0.3, -0.25) is 0 Å². The van der Waals surface area contributed by atoms with Crippen LogP contribution in [0.1, 0.15) is 38.7 Å². The van der Waals surface area contributed by atoms with E-state index in [0.29, 0.717) is 24.1 Å². The molecule has 94 valence electrons. The number of fused-ring (bicyclic) bond motifs is 1. The Morgan fingerprint density at radius 1 is 1.35 bits per heavy atom. The molecule has 1 nitrogen and oxygen atoms in total. The van der Waals surface area contributed by atoms with Gasteiger partial charge in [-0.15, -0.1) is 0 Å². The van der Waals surface area contributed by atoms with Crippen molar-refractivity contribution in [2.45, 2.75) is 33.1 Å². The van der Waals surface area contributed by atoms with E-state index in [2.05, 4.69) is 26.1 Å². The zero-order chi connectivity index (χ0) is 12.6. The van der Waals surface area contributed by atoms with Crippen LogP contribution in [0, 0.1) is 23.5 Å². The van der Waals surface area contributed by atoms with E-state index in [9.17, 15) is 8.78 Å². The number of hydrogen-bond acceptors (Lipinski definition) is 1. The molecular weight excluding hydrogens is 220 g/mol. The number of halogens is 2. The number of hydrogen-bond donors (Lipinski definition) is 1. The fraction of sp³-hybridized carbons (Fsp3) is 0.571. The minimum atomic E-state index is -0.478. The van der Waals surface area contributed by atoms with Gasteiger partial charge in [0.05, 0.1) is 5.69 Å². The molecule has 0 saturated carbocycles. The number of benzene rings is 1. The lowest BCUT2D eigenvalue weighted by atomic mass is 9.79. The molecule has 2 atom stereocenters. The topological polar surface area (TPSA) is 12.0 Å². The molecule has 0 radical (unpaired) electrons. The van der Waals surface area contributed by atoms with Gasteiger partial charge < -0.3 is 5.32 Å². The van der Waals surface area contributed by atoms with Gasteiger partial charge in [0.25, 0.3) is 0 Å². The smallest absolute Gasteiger partial charge is 0.149 e. The second-order valence-electron chi connectivity index (χ2n) is 5.16. The SMILES string of the molecule is CCC(C(C)C)C1CNc2c(F)cc(F)cc21. The van der Waals surface area contributed by atoms with E-state index in [1.54, 1.807) is 0 Å². The highest BCUT2D eigenvalue weighted by atomic mass is 19.1. The summed E-state index contributed by atoms with van der Waals surface area (Å²) in [5.41, 5.74) is 1.30. The molecule has 2 rings (SSSR count). The van der Waals surface area contributed by atoms with Crippen molar-refractivity contribution in [3.8, 4) is 0 Å². The van der Waals surface area contributed by atoms with Gasteiger partial charge in [-0.25, -0.2) is 8.78 Å². The summed E-state index contributed by atoms with van der Waals surface area (Å²) >= 11 is 0. The molecule has 0 aromatic heterocycles. The molecule has 0 amide bonds. The van der Waals surface area contributed by atoms with Gasteiger partial charge in [-0.2, -0.15) is 0 Å². The minimum absolute atomic E-state index is 0.222. The lowest BCUT2D eigenvalue weighted by Crippen LogP contribution is -2.19. The van der Waals surface area contributed by atoms with Crippen molar-refractivity contribution < 1.29 is 8.78 Å². The van der Waals surface area contributed by atoms with Gasteiger partial charge >= 0.3 is 0 Å².